The fourth-order valence-corrected chi connectivity index (χ4v) is 2.49. The van der Waals surface area contributed by atoms with E-state index in [0.717, 1.165) is 32.7 Å². The third-order valence-corrected chi connectivity index (χ3v) is 3.77. The van der Waals surface area contributed by atoms with Gasteiger partial charge in [0.15, 0.2) is 0 Å². The van der Waals surface area contributed by atoms with Crippen LogP contribution in [0.3, 0.4) is 0 Å². The van der Waals surface area contributed by atoms with Crippen LogP contribution in [0, 0.1) is 0 Å². The molecule has 0 atom stereocenters. The van der Waals surface area contributed by atoms with Crippen molar-refractivity contribution < 1.29 is 4.79 Å². The first kappa shape index (κ1) is 16.4. The molecule has 112 valence electrons. The van der Waals surface area contributed by atoms with Crippen LogP contribution in [0.5, 0.6) is 0 Å². The van der Waals surface area contributed by atoms with E-state index in [4.69, 9.17) is 0 Å². The standard InChI is InChI=1S/C15H31N3O/c1-3-4-5-6-7-8-11-17(2)14-15(19)18-12-9-16-10-13-18/h16H,3-14H2,1-2H3. The topological polar surface area (TPSA) is 35.6 Å². The van der Waals surface area contributed by atoms with Crippen molar-refractivity contribution >= 4 is 5.91 Å². The Morgan fingerprint density at radius 3 is 2.42 bits per heavy atom. The summed E-state index contributed by atoms with van der Waals surface area (Å²) < 4.78 is 0. The Kier molecular flexibility index (Phi) is 8.84. The summed E-state index contributed by atoms with van der Waals surface area (Å²) in [4.78, 5) is 16.2. The van der Waals surface area contributed by atoms with Crippen molar-refractivity contribution in [2.24, 2.45) is 0 Å². The molecule has 1 saturated heterocycles. The third kappa shape index (κ3) is 7.53. The highest BCUT2D eigenvalue weighted by atomic mass is 16.2. The van der Waals surface area contributed by atoms with Crippen molar-refractivity contribution in [2.75, 3.05) is 46.3 Å². The molecule has 1 aliphatic heterocycles. The first-order chi connectivity index (χ1) is 9.24. The maximum absolute atomic E-state index is 12.0. The van der Waals surface area contributed by atoms with E-state index in [0.29, 0.717) is 6.54 Å². The number of unbranched alkanes of at least 4 members (excludes halogenated alkanes) is 5. The number of nitrogens with one attached hydrogen (secondary N) is 1. The van der Waals surface area contributed by atoms with Crippen LogP contribution in [0.4, 0.5) is 0 Å². The van der Waals surface area contributed by atoms with Gasteiger partial charge in [-0.15, -0.1) is 0 Å². The molecule has 4 nitrogen and oxygen atoms in total. The van der Waals surface area contributed by atoms with Crippen molar-refractivity contribution in [3.8, 4) is 0 Å². The monoisotopic (exact) mass is 269 g/mol. The summed E-state index contributed by atoms with van der Waals surface area (Å²) in [5, 5.41) is 3.27. The van der Waals surface area contributed by atoms with E-state index >= 15 is 0 Å². The number of carbonyl (C=O) groups excluding carboxylic acids is 1. The molecular weight excluding hydrogens is 238 g/mol. The fourth-order valence-electron chi connectivity index (χ4n) is 2.49. The first-order valence-corrected chi connectivity index (χ1v) is 7.91. The summed E-state index contributed by atoms with van der Waals surface area (Å²) in [7, 11) is 2.06. The number of hydrogen-bond donors (Lipinski definition) is 1. The third-order valence-electron chi connectivity index (χ3n) is 3.77. The van der Waals surface area contributed by atoms with Gasteiger partial charge in [-0.1, -0.05) is 39.0 Å². The summed E-state index contributed by atoms with van der Waals surface area (Å²) >= 11 is 0. The summed E-state index contributed by atoms with van der Waals surface area (Å²) in [6, 6.07) is 0. The van der Waals surface area contributed by atoms with Crippen LogP contribution in [0.2, 0.25) is 0 Å². The molecular formula is C15H31N3O. The Hall–Kier alpha value is -0.610. The van der Waals surface area contributed by atoms with Crippen molar-refractivity contribution in [3.05, 3.63) is 0 Å². The SMILES string of the molecule is CCCCCCCCN(C)CC(=O)N1CCNCC1. The van der Waals surface area contributed by atoms with Crippen molar-refractivity contribution in [2.45, 2.75) is 45.4 Å². The molecule has 0 saturated carbocycles. The van der Waals surface area contributed by atoms with Gasteiger partial charge in [0, 0.05) is 26.2 Å². The molecule has 0 radical (unpaired) electrons. The zero-order valence-corrected chi connectivity index (χ0v) is 12.8. The molecule has 4 heteroatoms. The molecule has 19 heavy (non-hydrogen) atoms. The van der Waals surface area contributed by atoms with E-state index in [-0.39, 0.29) is 5.91 Å². The molecule has 1 heterocycles. The second-order valence-corrected chi connectivity index (χ2v) is 5.64. The van der Waals surface area contributed by atoms with Crippen LogP contribution >= 0.6 is 0 Å². The number of piperazine rings is 1. The molecule has 1 N–H and O–H groups in total. The van der Waals surface area contributed by atoms with E-state index in [9.17, 15) is 4.79 Å². The normalized spacial score (nSPS) is 16.1. The van der Waals surface area contributed by atoms with Gasteiger partial charge in [-0.2, -0.15) is 0 Å². The Bertz CT molecular complexity index is 240. The fraction of sp³-hybridized carbons (Fsp3) is 0.933. The minimum absolute atomic E-state index is 0.287. The zero-order valence-electron chi connectivity index (χ0n) is 12.8. The summed E-state index contributed by atoms with van der Waals surface area (Å²) in [6.45, 7) is 7.47. The average Bonchev–Trinajstić information content (AvgIpc) is 2.43. The van der Waals surface area contributed by atoms with Gasteiger partial charge in [-0.25, -0.2) is 0 Å². The first-order valence-electron chi connectivity index (χ1n) is 7.91. The van der Waals surface area contributed by atoms with Crippen LogP contribution in [0.25, 0.3) is 0 Å². The Morgan fingerprint density at radius 2 is 1.74 bits per heavy atom. The molecule has 0 aromatic rings. The van der Waals surface area contributed by atoms with E-state index in [1.807, 2.05) is 4.90 Å². The van der Waals surface area contributed by atoms with Crippen LogP contribution in [0.15, 0.2) is 0 Å². The molecule has 0 aromatic heterocycles. The number of amides is 1. The number of rotatable bonds is 9. The predicted molar refractivity (Wildman–Crippen MR) is 80.3 cm³/mol. The van der Waals surface area contributed by atoms with Gasteiger partial charge < -0.3 is 10.2 Å². The summed E-state index contributed by atoms with van der Waals surface area (Å²) in [5.41, 5.74) is 0. The highest BCUT2D eigenvalue weighted by Gasteiger charge is 2.17. The second-order valence-electron chi connectivity index (χ2n) is 5.64. The molecule has 0 bridgehead atoms. The molecule has 1 rings (SSSR count). The van der Waals surface area contributed by atoms with Crippen molar-refractivity contribution in [3.63, 3.8) is 0 Å². The van der Waals surface area contributed by atoms with Gasteiger partial charge >= 0.3 is 0 Å². The minimum atomic E-state index is 0.287. The molecule has 0 aromatic carbocycles. The van der Waals surface area contributed by atoms with Crippen LogP contribution in [-0.2, 0) is 4.79 Å². The molecule has 0 spiro atoms. The lowest BCUT2D eigenvalue weighted by atomic mass is 10.1. The molecule has 1 amide bonds. The number of likely N-dealkylation sites (N-methyl/N-ethyl adjacent to an activating group) is 1. The predicted octanol–water partition coefficient (Wildman–Crippen LogP) is 1.71. The van der Waals surface area contributed by atoms with Gasteiger partial charge in [0.2, 0.25) is 5.91 Å². The smallest absolute Gasteiger partial charge is 0.236 e. The Balaban J connectivity index is 2.02. The van der Waals surface area contributed by atoms with Crippen molar-refractivity contribution in [1.29, 1.82) is 0 Å². The van der Waals surface area contributed by atoms with Crippen LogP contribution < -0.4 is 5.32 Å². The molecule has 0 aliphatic carbocycles. The molecule has 1 aliphatic rings. The lowest BCUT2D eigenvalue weighted by Crippen LogP contribution is -2.49. The highest BCUT2D eigenvalue weighted by molar-refractivity contribution is 5.78. The summed E-state index contributed by atoms with van der Waals surface area (Å²) in [5.74, 6) is 0.287. The van der Waals surface area contributed by atoms with Gasteiger partial charge in [0.25, 0.3) is 0 Å². The molecule has 1 fully saturated rings. The number of carbonyl (C=O) groups is 1. The van der Waals surface area contributed by atoms with E-state index in [2.05, 4.69) is 24.2 Å². The van der Waals surface area contributed by atoms with Gasteiger partial charge in [-0.3, -0.25) is 9.69 Å². The number of nitrogens with zero attached hydrogens (tertiary/aromatic N) is 2. The van der Waals surface area contributed by atoms with Crippen LogP contribution in [-0.4, -0.2) is 62.0 Å². The Morgan fingerprint density at radius 1 is 1.11 bits per heavy atom. The molecule has 0 unspecified atom stereocenters. The lowest BCUT2D eigenvalue weighted by Gasteiger charge is -2.29. The van der Waals surface area contributed by atoms with Gasteiger partial charge in [0.1, 0.15) is 0 Å². The Labute approximate surface area is 118 Å². The van der Waals surface area contributed by atoms with Gasteiger partial charge in [-0.05, 0) is 20.0 Å². The van der Waals surface area contributed by atoms with E-state index < -0.39 is 0 Å². The second kappa shape index (κ2) is 10.2. The number of hydrogen-bond acceptors (Lipinski definition) is 3. The summed E-state index contributed by atoms with van der Waals surface area (Å²) in [6.07, 6.45) is 7.88. The van der Waals surface area contributed by atoms with Crippen molar-refractivity contribution in [1.82, 2.24) is 15.1 Å². The average molecular weight is 269 g/mol. The highest BCUT2D eigenvalue weighted by Crippen LogP contribution is 2.05. The minimum Gasteiger partial charge on any atom is -0.339 e. The maximum atomic E-state index is 12.0. The zero-order chi connectivity index (χ0) is 13.9. The lowest BCUT2D eigenvalue weighted by molar-refractivity contribution is -0.132. The van der Waals surface area contributed by atoms with Gasteiger partial charge in [0.05, 0.1) is 6.54 Å². The van der Waals surface area contributed by atoms with E-state index in [1.54, 1.807) is 0 Å². The van der Waals surface area contributed by atoms with E-state index in [1.165, 1.54) is 38.5 Å². The largest absolute Gasteiger partial charge is 0.339 e. The quantitative estimate of drug-likeness (QED) is 0.647. The van der Waals surface area contributed by atoms with Crippen LogP contribution in [0.1, 0.15) is 45.4 Å². The maximum Gasteiger partial charge on any atom is 0.236 e.